The molecule has 6 nitrogen and oxygen atoms in total. The van der Waals surface area contributed by atoms with Gasteiger partial charge >= 0.3 is 5.97 Å². The van der Waals surface area contributed by atoms with Crippen molar-refractivity contribution in [1.82, 2.24) is 15.0 Å². The van der Waals surface area contributed by atoms with Crippen LogP contribution in [0, 0.1) is 5.92 Å². The summed E-state index contributed by atoms with van der Waals surface area (Å²) in [6, 6.07) is 9.56. The number of aromatic nitrogens is 3. The predicted octanol–water partition coefficient (Wildman–Crippen LogP) is 2.76. The van der Waals surface area contributed by atoms with E-state index in [2.05, 4.69) is 24.0 Å². The third-order valence-electron chi connectivity index (χ3n) is 3.28. The highest BCUT2D eigenvalue weighted by molar-refractivity contribution is 5.74. The van der Waals surface area contributed by atoms with Crippen molar-refractivity contribution in [2.24, 2.45) is 5.92 Å². The molecule has 1 atom stereocenters. The molecule has 2 rings (SSSR count). The first-order chi connectivity index (χ1) is 11.1. The molecule has 1 aromatic heterocycles. The zero-order chi connectivity index (χ0) is 16.7. The molecule has 0 saturated carbocycles. The average molecular weight is 317 g/mol. The summed E-state index contributed by atoms with van der Waals surface area (Å²) in [5.41, 5.74) is 1.45. The summed E-state index contributed by atoms with van der Waals surface area (Å²) in [7, 11) is 0. The fraction of sp³-hybridized carbons (Fsp3) is 0.471. The second kappa shape index (κ2) is 8.43. The summed E-state index contributed by atoms with van der Waals surface area (Å²) in [4.78, 5) is 13.4. The van der Waals surface area contributed by atoms with Gasteiger partial charge in [0, 0.05) is 6.61 Å². The second-order valence-electron chi connectivity index (χ2n) is 5.76. The molecule has 124 valence electrons. The van der Waals surface area contributed by atoms with E-state index in [-0.39, 0.29) is 12.6 Å². The van der Waals surface area contributed by atoms with Crippen molar-refractivity contribution in [2.75, 3.05) is 6.61 Å². The van der Waals surface area contributed by atoms with Gasteiger partial charge in [-0.25, -0.2) is 4.79 Å². The Morgan fingerprint density at radius 2 is 1.96 bits per heavy atom. The van der Waals surface area contributed by atoms with Gasteiger partial charge in [0.15, 0.2) is 6.10 Å². The Bertz CT molecular complexity index is 611. The number of para-hydroxylation sites is 1. The van der Waals surface area contributed by atoms with Crippen LogP contribution in [-0.4, -0.2) is 33.7 Å². The van der Waals surface area contributed by atoms with E-state index in [1.165, 1.54) is 4.80 Å². The summed E-state index contributed by atoms with van der Waals surface area (Å²) in [6.45, 7) is 6.57. The van der Waals surface area contributed by atoms with E-state index in [1.807, 2.05) is 30.3 Å². The summed E-state index contributed by atoms with van der Waals surface area (Å²) in [6.07, 6.45) is 1.94. The van der Waals surface area contributed by atoms with Crippen LogP contribution in [0.15, 0.2) is 36.5 Å². The maximum Gasteiger partial charge on any atom is 0.335 e. The van der Waals surface area contributed by atoms with Crippen molar-refractivity contribution < 1.29 is 14.3 Å². The highest BCUT2D eigenvalue weighted by atomic mass is 16.6. The van der Waals surface area contributed by atoms with E-state index in [4.69, 9.17) is 9.47 Å². The lowest BCUT2D eigenvalue weighted by Crippen LogP contribution is -2.24. The molecular formula is C17H23N3O3. The topological polar surface area (TPSA) is 66.2 Å². The fourth-order valence-electron chi connectivity index (χ4n) is 1.86. The van der Waals surface area contributed by atoms with E-state index in [9.17, 15) is 4.79 Å². The lowest BCUT2D eigenvalue weighted by molar-refractivity contribution is -0.157. The van der Waals surface area contributed by atoms with E-state index >= 15 is 0 Å². The summed E-state index contributed by atoms with van der Waals surface area (Å²) in [5, 5.41) is 8.45. The number of benzene rings is 1. The fourth-order valence-corrected chi connectivity index (χ4v) is 1.86. The highest BCUT2D eigenvalue weighted by Gasteiger charge is 2.16. The van der Waals surface area contributed by atoms with Crippen LogP contribution in [0.2, 0.25) is 0 Å². The van der Waals surface area contributed by atoms with Gasteiger partial charge in [0.25, 0.3) is 0 Å². The van der Waals surface area contributed by atoms with Crippen LogP contribution in [-0.2, 0) is 20.9 Å². The second-order valence-corrected chi connectivity index (χ2v) is 5.76. The Hall–Kier alpha value is -2.21. The largest absolute Gasteiger partial charge is 0.457 e. The third-order valence-corrected chi connectivity index (χ3v) is 3.28. The van der Waals surface area contributed by atoms with Gasteiger partial charge in [-0.1, -0.05) is 32.0 Å². The Kier molecular flexibility index (Phi) is 6.29. The molecule has 1 unspecified atom stereocenters. The molecule has 0 spiro atoms. The molecule has 1 aromatic carbocycles. The minimum atomic E-state index is -0.571. The van der Waals surface area contributed by atoms with Gasteiger partial charge in [-0.15, -0.1) is 5.10 Å². The van der Waals surface area contributed by atoms with Crippen LogP contribution in [0.3, 0.4) is 0 Å². The molecule has 0 aliphatic heterocycles. The maximum absolute atomic E-state index is 11.9. The van der Waals surface area contributed by atoms with Crippen molar-refractivity contribution >= 4 is 5.97 Å². The molecule has 6 heteroatoms. The summed E-state index contributed by atoms with van der Waals surface area (Å²) < 4.78 is 10.7. The standard InChI is InChI=1S/C17H23N3O3/c1-13(2)9-10-22-14(3)17(21)23-12-15-11-18-20(19-15)16-7-5-4-6-8-16/h4-8,11,13-14H,9-10,12H2,1-3H3. The van der Waals surface area contributed by atoms with Gasteiger partial charge in [0.05, 0.1) is 11.9 Å². The monoisotopic (exact) mass is 317 g/mol. The average Bonchev–Trinajstić information content (AvgIpc) is 3.02. The number of esters is 1. The zero-order valence-electron chi connectivity index (χ0n) is 13.8. The number of hydrogen-bond acceptors (Lipinski definition) is 5. The number of rotatable bonds is 8. The van der Waals surface area contributed by atoms with Crippen molar-refractivity contribution in [1.29, 1.82) is 0 Å². The minimum absolute atomic E-state index is 0.0869. The lowest BCUT2D eigenvalue weighted by Gasteiger charge is -2.12. The van der Waals surface area contributed by atoms with Crippen molar-refractivity contribution in [3.8, 4) is 5.69 Å². The van der Waals surface area contributed by atoms with Crippen LogP contribution >= 0.6 is 0 Å². The number of carbonyl (C=O) groups is 1. The van der Waals surface area contributed by atoms with E-state index in [1.54, 1.807) is 13.1 Å². The molecule has 0 aliphatic rings. The molecule has 0 radical (unpaired) electrons. The molecule has 0 bridgehead atoms. The van der Waals surface area contributed by atoms with Gasteiger partial charge in [-0.2, -0.15) is 9.90 Å². The minimum Gasteiger partial charge on any atom is -0.457 e. The molecular weight excluding hydrogens is 294 g/mol. The third kappa shape index (κ3) is 5.49. The molecule has 23 heavy (non-hydrogen) atoms. The van der Waals surface area contributed by atoms with E-state index < -0.39 is 6.10 Å². The smallest absolute Gasteiger partial charge is 0.335 e. The molecule has 0 aliphatic carbocycles. The maximum atomic E-state index is 11.9. The van der Waals surface area contributed by atoms with Gasteiger partial charge in [0.2, 0.25) is 0 Å². The van der Waals surface area contributed by atoms with Crippen LogP contribution < -0.4 is 0 Å². The molecule has 2 aromatic rings. The molecule has 0 N–H and O–H groups in total. The van der Waals surface area contributed by atoms with Gasteiger partial charge < -0.3 is 9.47 Å². The number of nitrogens with zero attached hydrogens (tertiary/aromatic N) is 3. The Balaban J connectivity index is 1.79. The molecule has 0 amide bonds. The van der Waals surface area contributed by atoms with E-state index in [0.717, 1.165) is 12.1 Å². The first kappa shape index (κ1) is 17.1. The van der Waals surface area contributed by atoms with Crippen molar-refractivity contribution in [2.45, 2.75) is 39.9 Å². The summed E-state index contributed by atoms with van der Waals surface area (Å²) >= 11 is 0. The highest BCUT2D eigenvalue weighted by Crippen LogP contribution is 2.06. The predicted molar refractivity (Wildman–Crippen MR) is 86.0 cm³/mol. The van der Waals surface area contributed by atoms with Crippen LogP contribution in [0.4, 0.5) is 0 Å². The van der Waals surface area contributed by atoms with Crippen LogP contribution in [0.1, 0.15) is 32.9 Å². The Labute approximate surface area is 136 Å². The Morgan fingerprint density at radius 1 is 1.22 bits per heavy atom. The summed E-state index contributed by atoms with van der Waals surface area (Å²) in [5.74, 6) is 0.161. The normalized spacial score (nSPS) is 12.3. The van der Waals surface area contributed by atoms with Gasteiger partial charge in [-0.3, -0.25) is 0 Å². The number of hydrogen-bond donors (Lipinski definition) is 0. The first-order valence-corrected chi connectivity index (χ1v) is 7.81. The molecule has 0 saturated heterocycles. The van der Waals surface area contributed by atoms with E-state index in [0.29, 0.717) is 18.2 Å². The first-order valence-electron chi connectivity index (χ1n) is 7.81. The lowest BCUT2D eigenvalue weighted by atomic mass is 10.1. The van der Waals surface area contributed by atoms with Crippen LogP contribution in [0.5, 0.6) is 0 Å². The van der Waals surface area contributed by atoms with Crippen LogP contribution in [0.25, 0.3) is 5.69 Å². The van der Waals surface area contributed by atoms with Gasteiger partial charge in [0.1, 0.15) is 12.3 Å². The molecule has 0 fully saturated rings. The Morgan fingerprint density at radius 3 is 2.65 bits per heavy atom. The number of carbonyl (C=O) groups excluding carboxylic acids is 1. The molecule has 1 heterocycles. The van der Waals surface area contributed by atoms with Gasteiger partial charge in [-0.05, 0) is 31.4 Å². The van der Waals surface area contributed by atoms with Crippen molar-refractivity contribution in [3.63, 3.8) is 0 Å². The quantitative estimate of drug-likeness (QED) is 0.700. The number of ether oxygens (including phenoxy) is 2. The zero-order valence-corrected chi connectivity index (χ0v) is 13.8. The van der Waals surface area contributed by atoms with Crippen molar-refractivity contribution in [3.05, 3.63) is 42.2 Å². The SMILES string of the molecule is CC(C)CCOC(C)C(=O)OCc1cnn(-c2ccccc2)n1.